The summed E-state index contributed by atoms with van der Waals surface area (Å²) in [5, 5.41) is 0. The largest absolute Gasteiger partial charge is 0.328 e. The quantitative estimate of drug-likeness (QED) is 0.673. The molecule has 0 saturated carbocycles. The summed E-state index contributed by atoms with van der Waals surface area (Å²) in [7, 11) is 0. The molecule has 1 aliphatic rings. The summed E-state index contributed by atoms with van der Waals surface area (Å²) in [6.07, 6.45) is 2.00. The highest BCUT2D eigenvalue weighted by Gasteiger charge is 2.18. The molecule has 0 bridgehead atoms. The van der Waals surface area contributed by atoms with Crippen molar-refractivity contribution in [3.63, 3.8) is 0 Å². The van der Waals surface area contributed by atoms with Gasteiger partial charge in [-0.25, -0.2) is 0 Å². The second kappa shape index (κ2) is 5.93. The molecule has 0 amide bonds. The monoisotopic (exact) mass is 344 g/mol. The Morgan fingerprint density at radius 2 is 1.88 bits per heavy atom. The lowest BCUT2D eigenvalue weighted by Crippen LogP contribution is -2.41. The fourth-order valence-corrected chi connectivity index (χ4v) is 2.40. The van der Waals surface area contributed by atoms with Crippen LogP contribution in [0, 0.1) is 3.57 Å². The Morgan fingerprint density at radius 3 is 2.47 bits per heavy atom. The minimum absolute atomic E-state index is 0.205. The third kappa shape index (κ3) is 3.76. The maximum Gasteiger partial charge on any atom is 0.176 e. The Kier molecular flexibility index (Phi) is 4.53. The minimum atomic E-state index is 0.205. The van der Waals surface area contributed by atoms with Gasteiger partial charge in [-0.05, 0) is 47.6 Å². The van der Waals surface area contributed by atoms with E-state index in [0.717, 1.165) is 35.1 Å². The van der Waals surface area contributed by atoms with E-state index in [-0.39, 0.29) is 5.78 Å². The first-order valence-corrected chi connectivity index (χ1v) is 7.00. The zero-order valence-corrected chi connectivity index (χ0v) is 11.9. The molecule has 0 radical (unpaired) electrons. The van der Waals surface area contributed by atoms with Gasteiger partial charge in [0.1, 0.15) is 0 Å². The van der Waals surface area contributed by atoms with Gasteiger partial charge in [-0.15, -0.1) is 0 Å². The Morgan fingerprint density at radius 1 is 1.29 bits per heavy atom. The van der Waals surface area contributed by atoms with E-state index < -0.39 is 0 Å². The van der Waals surface area contributed by atoms with Crippen LogP contribution in [-0.2, 0) is 0 Å². The van der Waals surface area contributed by atoms with Gasteiger partial charge in [0.15, 0.2) is 5.78 Å². The van der Waals surface area contributed by atoms with Crippen LogP contribution in [0.15, 0.2) is 24.3 Å². The van der Waals surface area contributed by atoms with Crippen LogP contribution in [0.3, 0.4) is 0 Å². The maximum atomic E-state index is 12.0. The molecule has 4 heteroatoms. The van der Waals surface area contributed by atoms with E-state index in [0.29, 0.717) is 12.6 Å². The Hall–Kier alpha value is -0.460. The lowest BCUT2D eigenvalue weighted by atomic mass is 10.0. The minimum Gasteiger partial charge on any atom is -0.328 e. The van der Waals surface area contributed by atoms with Crippen molar-refractivity contribution in [2.24, 2.45) is 5.73 Å². The summed E-state index contributed by atoms with van der Waals surface area (Å²) < 4.78 is 1.16. The van der Waals surface area contributed by atoms with Crippen molar-refractivity contribution in [2.75, 3.05) is 19.6 Å². The second-order valence-corrected chi connectivity index (χ2v) is 5.79. The van der Waals surface area contributed by atoms with Crippen molar-refractivity contribution in [1.29, 1.82) is 0 Å². The van der Waals surface area contributed by atoms with Crippen molar-refractivity contribution in [1.82, 2.24) is 4.90 Å². The summed E-state index contributed by atoms with van der Waals surface area (Å²) in [4.78, 5) is 14.2. The number of piperidine rings is 1. The third-order valence-corrected chi connectivity index (χ3v) is 3.88. The SMILES string of the molecule is NC1CCN(CC(=O)c2ccc(I)cc2)CC1. The summed E-state index contributed by atoms with van der Waals surface area (Å²) in [5.74, 6) is 0.205. The van der Waals surface area contributed by atoms with Crippen molar-refractivity contribution in [3.8, 4) is 0 Å². The smallest absolute Gasteiger partial charge is 0.176 e. The number of nitrogens with zero attached hydrogens (tertiary/aromatic N) is 1. The molecule has 0 atom stereocenters. The van der Waals surface area contributed by atoms with E-state index in [2.05, 4.69) is 27.5 Å². The van der Waals surface area contributed by atoms with Crippen LogP contribution in [-0.4, -0.2) is 36.4 Å². The van der Waals surface area contributed by atoms with Gasteiger partial charge in [0.25, 0.3) is 0 Å². The topological polar surface area (TPSA) is 46.3 Å². The molecule has 2 N–H and O–H groups in total. The van der Waals surface area contributed by atoms with Crippen LogP contribution in [0.2, 0.25) is 0 Å². The molecular weight excluding hydrogens is 327 g/mol. The molecule has 2 rings (SSSR count). The molecule has 92 valence electrons. The van der Waals surface area contributed by atoms with Crippen LogP contribution >= 0.6 is 22.6 Å². The zero-order valence-electron chi connectivity index (χ0n) is 9.73. The molecule has 1 aromatic carbocycles. The number of hydrogen-bond donors (Lipinski definition) is 1. The normalized spacial score (nSPS) is 18.2. The number of ketones is 1. The summed E-state index contributed by atoms with van der Waals surface area (Å²) in [5.41, 5.74) is 6.65. The number of benzene rings is 1. The molecule has 17 heavy (non-hydrogen) atoms. The first-order chi connectivity index (χ1) is 8.15. The number of halogens is 1. The van der Waals surface area contributed by atoms with Gasteiger partial charge in [-0.1, -0.05) is 12.1 Å². The van der Waals surface area contributed by atoms with Gasteiger partial charge in [0.05, 0.1) is 6.54 Å². The van der Waals surface area contributed by atoms with E-state index in [1.54, 1.807) is 0 Å². The van der Waals surface area contributed by atoms with Crippen molar-refractivity contribution in [2.45, 2.75) is 18.9 Å². The fraction of sp³-hybridized carbons (Fsp3) is 0.462. The van der Waals surface area contributed by atoms with Crippen molar-refractivity contribution < 1.29 is 4.79 Å². The van der Waals surface area contributed by atoms with E-state index in [9.17, 15) is 4.79 Å². The van der Waals surface area contributed by atoms with Crippen LogP contribution in [0.4, 0.5) is 0 Å². The Labute approximate surface area is 116 Å². The number of rotatable bonds is 3. The zero-order chi connectivity index (χ0) is 12.3. The number of carbonyl (C=O) groups is 1. The van der Waals surface area contributed by atoms with Gasteiger partial charge >= 0.3 is 0 Å². The third-order valence-electron chi connectivity index (χ3n) is 3.17. The highest BCUT2D eigenvalue weighted by Crippen LogP contribution is 2.11. The van der Waals surface area contributed by atoms with Gasteiger partial charge in [0.2, 0.25) is 0 Å². The molecule has 3 nitrogen and oxygen atoms in total. The second-order valence-electron chi connectivity index (χ2n) is 4.54. The lowest BCUT2D eigenvalue weighted by molar-refractivity contribution is 0.0910. The lowest BCUT2D eigenvalue weighted by Gasteiger charge is -2.29. The molecule has 1 saturated heterocycles. The Balaban J connectivity index is 1.91. The number of nitrogens with two attached hydrogens (primary N) is 1. The fourth-order valence-electron chi connectivity index (χ4n) is 2.04. The summed E-state index contributed by atoms with van der Waals surface area (Å²) >= 11 is 2.24. The average Bonchev–Trinajstić information content (AvgIpc) is 2.33. The molecule has 0 aliphatic carbocycles. The van der Waals surface area contributed by atoms with Crippen LogP contribution in [0.25, 0.3) is 0 Å². The van der Waals surface area contributed by atoms with Crippen molar-refractivity contribution >= 4 is 28.4 Å². The molecule has 0 spiro atoms. The van der Waals surface area contributed by atoms with Gasteiger partial charge in [-0.2, -0.15) is 0 Å². The molecule has 0 unspecified atom stereocenters. The molecular formula is C13H17IN2O. The summed E-state index contributed by atoms with van der Waals surface area (Å²) in [6.45, 7) is 2.40. The Bertz CT molecular complexity index is 383. The van der Waals surface area contributed by atoms with Crippen LogP contribution < -0.4 is 5.73 Å². The predicted molar refractivity (Wildman–Crippen MR) is 77.1 cm³/mol. The average molecular weight is 344 g/mol. The molecule has 1 aromatic rings. The molecule has 0 aromatic heterocycles. The van der Waals surface area contributed by atoms with E-state index >= 15 is 0 Å². The van der Waals surface area contributed by atoms with E-state index in [4.69, 9.17) is 5.73 Å². The molecule has 1 aliphatic heterocycles. The first kappa shape index (κ1) is 13.0. The van der Waals surface area contributed by atoms with Crippen molar-refractivity contribution in [3.05, 3.63) is 33.4 Å². The summed E-state index contributed by atoms with van der Waals surface area (Å²) in [6, 6.07) is 8.07. The molecule has 1 heterocycles. The van der Waals surface area contributed by atoms with Crippen LogP contribution in [0.5, 0.6) is 0 Å². The standard InChI is InChI=1S/C13H17IN2O/c14-11-3-1-10(2-4-11)13(17)9-16-7-5-12(15)6-8-16/h1-4,12H,5-9,15H2. The van der Waals surface area contributed by atoms with Gasteiger partial charge in [0, 0.05) is 28.3 Å². The molecule has 1 fully saturated rings. The highest BCUT2D eigenvalue weighted by molar-refractivity contribution is 14.1. The number of Topliss-reactive ketones (excluding diaryl/α,β-unsaturated/α-hetero) is 1. The van der Waals surface area contributed by atoms with Gasteiger partial charge < -0.3 is 5.73 Å². The van der Waals surface area contributed by atoms with E-state index in [1.807, 2.05) is 24.3 Å². The van der Waals surface area contributed by atoms with Gasteiger partial charge in [-0.3, -0.25) is 9.69 Å². The first-order valence-electron chi connectivity index (χ1n) is 5.92. The van der Waals surface area contributed by atoms with E-state index in [1.165, 1.54) is 0 Å². The highest BCUT2D eigenvalue weighted by atomic mass is 127. The number of likely N-dealkylation sites (tertiary alicyclic amines) is 1. The number of hydrogen-bond acceptors (Lipinski definition) is 3. The van der Waals surface area contributed by atoms with Crippen LogP contribution in [0.1, 0.15) is 23.2 Å². The maximum absolute atomic E-state index is 12.0. The number of carbonyl (C=O) groups excluding carboxylic acids is 1. The predicted octanol–water partition coefficient (Wildman–Crippen LogP) is 1.90.